The van der Waals surface area contributed by atoms with Gasteiger partial charge in [0.2, 0.25) is 0 Å². The summed E-state index contributed by atoms with van der Waals surface area (Å²) in [5, 5.41) is 0. The van der Waals surface area contributed by atoms with Gasteiger partial charge in [-0.2, -0.15) is 0 Å². The van der Waals surface area contributed by atoms with Gasteiger partial charge in [-0.25, -0.2) is 0 Å². The highest BCUT2D eigenvalue weighted by atomic mass is 16.5. The van der Waals surface area contributed by atoms with E-state index in [1.807, 2.05) is 42.4 Å². The number of carbonyl (C=O) groups excluding carboxylic acids is 1. The van der Waals surface area contributed by atoms with E-state index in [0.717, 1.165) is 55.9 Å². The first-order valence-electron chi connectivity index (χ1n) is 10.8. The molecule has 1 amide bonds. The molecule has 0 bridgehead atoms. The fraction of sp³-hybridized carbons (Fsp3) is 0.500. The molecule has 160 valence electrons. The second-order valence-corrected chi connectivity index (χ2v) is 8.30. The van der Waals surface area contributed by atoms with E-state index in [9.17, 15) is 4.79 Å². The number of carbonyl (C=O) groups is 1. The zero-order valence-electron chi connectivity index (χ0n) is 17.9. The Balaban J connectivity index is 1.47. The van der Waals surface area contributed by atoms with Gasteiger partial charge in [0.15, 0.2) is 6.61 Å². The maximum Gasteiger partial charge on any atom is 0.260 e. The summed E-state index contributed by atoms with van der Waals surface area (Å²) in [6, 6.07) is 12.1. The Kier molecular flexibility index (Phi) is 6.65. The molecule has 0 unspecified atom stereocenters. The van der Waals surface area contributed by atoms with Gasteiger partial charge in [0.05, 0.1) is 17.8 Å². The van der Waals surface area contributed by atoms with Crippen LogP contribution in [0.25, 0.3) is 0 Å². The van der Waals surface area contributed by atoms with Crippen LogP contribution in [0.4, 0.5) is 0 Å². The number of aromatic nitrogens is 1. The van der Waals surface area contributed by atoms with Crippen molar-refractivity contribution in [1.82, 2.24) is 14.8 Å². The molecule has 1 saturated heterocycles. The van der Waals surface area contributed by atoms with Crippen LogP contribution in [0.1, 0.15) is 29.7 Å². The summed E-state index contributed by atoms with van der Waals surface area (Å²) in [5.74, 6) is 0.799. The standard InChI is InChI=1S/C24H31N3O3/c1-18-8-7-12-25-20(18)14-27-15-21-23(16-27)29-13-6-5-10-19-9-3-4-11-22(19)30-17-24(28)26(21)2/h3-4,7-9,11-12,21,23H,5-6,10,13-17H2,1-2H3/t21-,23-/m0/s1. The lowest BCUT2D eigenvalue weighted by atomic mass is 10.1. The fourth-order valence-electron chi connectivity index (χ4n) is 4.32. The molecule has 2 aliphatic heterocycles. The SMILES string of the molecule is Cc1cccnc1CN1C[C@@H]2OCCCCc3ccccc3OCC(=O)N(C)[C@H]2C1. The number of benzene rings is 1. The Morgan fingerprint density at radius 3 is 2.87 bits per heavy atom. The molecule has 4 rings (SSSR count). The number of nitrogens with zero attached hydrogens (tertiary/aromatic N) is 3. The van der Waals surface area contributed by atoms with E-state index >= 15 is 0 Å². The van der Waals surface area contributed by atoms with Crippen molar-refractivity contribution >= 4 is 5.91 Å². The lowest BCUT2D eigenvalue weighted by Gasteiger charge is -2.29. The highest BCUT2D eigenvalue weighted by Crippen LogP contribution is 2.24. The van der Waals surface area contributed by atoms with Gasteiger partial charge in [-0.05, 0) is 49.4 Å². The molecule has 1 fully saturated rings. The number of likely N-dealkylation sites (N-methyl/N-ethyl adjacent to an activating group) is 1. The van der Waals surface area contributed by atoms with Crippen LogP contribution in [-0.2, 0) is 22.5 Å². The molecule has 6 heteroatoms. The molecule has 0 aliphatic carbocycles. The largest absolute Gasteiger partial charge is 0.483 e. The number of pyridine rings is 1. The summed E-state index contributed by atoms with van der Waals surface area (Å²) >= 11 is 0. The number of likely N-dealkylation sites (tertiary alicyclic amines) is 1. The van der Waals surface area contributed by atoms with Crippen LogP contribution >= 0.6 is 0 Å². The molecule has 2 aliphatic rings. The van der Waals surface area contributed by atoms with Crippen LogP contribution in [0.2, 0.25) is 0 Å². The molecule has 0 radical (unpaired) electrons. The Morgan fingerprint density at radius 1 is 1.13 bits per heavy atom. The molecule has 0 N–H and O–H groups in total. The molecule has 1 aromatic carbocycles. The first-order valence-corrected chi connectivity index (χ1v) is 10.8. The third-order valence-corrected chi connectivity index (χ3v) is 6.19. The van der Waals surface area contributed by atoms with Gasteiger partial charge in [-0.3, -0.25) is 14.7 Å². The molecule has 6 nitrogen and oxygen atoms in total. The smallest absolute Gasteiger partial charge is 0.260 e. The highest BCUT2D eigenvalue weighted by Gasteiger charge is 2.38. The number of hydrogen-bond acceptors (Lipinski definition) is 5. The third-order valence-electron chi connectivity index (χ3n) is 6.19. The van der Waals surface area contributed by atoms with Gasteiger partial charge >= 0.3 is 0 Å². The predicted molar refractivity (Wildman–Crippen MR) is 115 cm³/mol. The number of amides is 1. The molecule has 0 saturated carbocycles. The molecule has 0 spiro atoms. The van der Waals surface area contributed by atoms with E-state index in [0.29, 0.717) is 6.61 Å². The average molecular weight is 410 g/mol. The number of rotatable bonds is 2. The number of hydrogen-bond donors (Lipinski definition) is 0. The number of fused-ring (bicyclic) bond motifs is 2. The van der Waals surface area contributed by atoms with E-state index in [1.54, 1.807) is 0 Å². The topological polar surface area (TPSA) is 54.9 Å². The van der Waals surface area contributed by atoms with Crippen LogP contribution < -0.4 is 4.74 Å². The van der Waals surface area contributed by atoms with Crippen molar-refractivity contribution in [3.8, 4) is 5.75 Å². The van der Waals surface area contributed by atoms with Crippen LogP contribution in [0, 0.1) is 6.92 Å². The van der Waals surface area contributed by atoms with Crippen molar-refractivity contribution < 1.29 is 14.3 Å². The van der Waals surface area contributed by atoms with Gasteiger partial charge in [0, 0.05) is 39.5 Å². The minimum Gasteiger partial charge on any atom is -0.483 e. The van der Waals surface area contributed by atoms with Crippen molar-refractivity contribution in [2.24, 2.45) is 0 Å². The maximum absolute atomic E-state index is 12.9. The van der Waals surface area contributed by atoms with Crippen molar-refractivity contribution in [3.63, 3.8) is 0 Å². The minimum atomic E-state index is -0.0153. The first-order chi connectivity index (χ1) is 14.6. The maximum atomic E-state index is 12.9. The summed E-state index contributed by atoms with van der Waals surface area (Å²) in [6.07, 6.45) is 4.81. The summed E-state index contributed by atoms with van der Waals surface area (Å²) in [6.45, 7) is 5.21. The third kappa shape index (κ3) is 4.82. The zero-order valence-corrected chi connectivity index (χ0v) is 17.9. The van der Waals surface area contributed by atoms with Gasteiger partial charge < -0.3 is 14.4 Å². The van der Waals surface area contributed by atoms with Crippen LogP contribution in [0.3, 0.4) is 0 Å². The fourth-order valence-corrected chi connectivity index (χ4v) is 4.32. The Bertz CT molecular complexity index is 872. The van der Waals surface area contributed by atoms with Crippen molar-refractivity contribution in [3.05, 3.63) is 59.4 Å². The summed E-state index contributed by atoms with van der Waals surface area (Å²) < 4.78 is 12.2. The minimum absolute atomic E-state index is 0.00565. The molecule has 3 heterocycles. The molecule has 2 aromatic rings. The lowest BCUT2D eigenvalue weighted by molar-refractivity contribution is -0.136. The number of para-hydroxylation sites is 1. The molecule has 30 heavy (non-hydrogen) atoms. The Labute approximate surface area is 178 Å². The average Bonchev–Trinajstić information content (AvgIpc) is 3.15. The van der Waals surface area contributed by atoms with Crippen LogP contribution in [0.15, 0.2) is 42.6 Å². The predicted octanol–water partition coefficient (Wildman–Crippen LogP) is 2.83. The Hall–Kier alpha value is -2.44. The van der Waals surface area contributed by atoms with Crippen molar-refractivity contribution in [2.75, 3.05) is 33.4 Å². The zero-order chi connectivity index (χ0) is 20.9. The van der Waals surface area contributed by atoms with E-state index < -0.39 is 0 Å². The number of aryl methyl sites for hydroxylation is 2. The molecule has 1 aromatic heterocycles. The lowest BCUT2D eigenvalue weighted by Crippen LogP contribution is -2.47. The second-order valence-electron chi connectivity index (χ2n) is 8.30. The van der Waals surface area contributed by atoms with Gasteiger partial charge in [-0.15, -0.1) is 0 Å². The normalized spacial score (nSPS) is 23.5. The molecular weight excluding hydrogens is 378 g/mol. The quantitative estimate of drug-likeness (QED) is 0.764. The molecule has 2 atom stereocenters. The first kappa shape index (κ1) is 20.8. The van der Waals surface area contributed by atoms with Gasteiger partial charge in [-0.1, -0.05) is 24.3 Å². The van der Waals surface area contributed by atoms with E-state index in [-0.39, 0.29) is 24.7 Å². The van der Waals surface area contributed by atoms with E-state index in [1.165, 1.54) is 5.56 Å². The monoisotopic (exact) mass is 409 g/mol. The Morgan fingerprint density at radius 2 is 2.00 bits per heavy atom. The van der Waals surface area contributed by atoms with Crippen molar-refractivity contribution in [1.29, 1.82) is 0 Å². The van der Waals surface area contributed by atoms with Crippen LogP contribution in [-0.4, -0.2) is 66.2 Å². The van der Waals surface area contributed by atoms with Crippen LogP contribution in [0.5, 0.6) is 5.75 Å². The van der Waals surface area contributed by atoms with Crippen molar-refractivity contribution in [2.45, 2.75) is 44.9 Å². The second kappa shape index (κ2) is 9.58. The highest BCUT2D eigenvalue weighted by molar-refractivity contribution is 5.78. The van der Waals surface area contributed by atoms with Gasteiger partial charge in [0.1, 0.15) is 5.75 Å². The summed E-state index contributed by atoms with van der Waals surface area (Å²) in [5.41, 5.74) is 3.43. The summed E-state index contributed by atoms with van der Waals surface area (Å²) in [7, 11) is 1.87. The van der Waals surface area contributed by atoms with E-state index in [4.69, 9.17) is 9.47 Å². The van der Waals surface area contributed by atoms with Gasteiger partial charge in [0.25, 0.3) is 5.91 Å². The number of ether oxygens (including phenoxy) is 2. The van der Waals surface area contributed by atoms with E-state index in [2.05, 4.69) is 28.9 Å². The summed E-state index contributed by atoms with van der Waals surface area (Å²) in [4.78, 5) is 21.6. The molecular formula is C24H31N3O3.